The van der Waals surface area contributed by atoms with Crippen molar-refractivity contribution >= 4 is 0 Å². The maximum absolute atomic E-state index is 5.98. The zero-order chi connectivity index (χ0) is 22.7. The average Bonchev–Trinajstić information content (AvgIpc) is 2.89. The van der Waals surface area contributed by atoms with Gasteiger partial charge in [-0.3, -0.25) is 0 Å². The first-order valence-corrected chi connectivity index (χ1v) is 11.5. The molecule has 1 N–H and O–H groups in total. The van der Waals surface area contributed by atoms with Crippen LogP contribution in [0.15, 0.2) is 109 Å². The Hall–Kier alpha value is -3.56. The summed E-state index contributed by atoms with van der Waals surface area (Å²) >= 11 is 0. The van der Waals surface area contributed by atoms with Gasteiger partial charge in [0.2, 0.25) is 0 Å². The van der Waals surface area contributed by atoms with Gasteiger partial charge >= 0.3 is 0 Å². The minimum absolute atomic E-state index is 0.378. The zero-order valence-corrected chi connectivity index (χ0v) is 19.1. The van der Waals surface area contributed by atoms with Crippen molar-refractivity contribution in [2.24, 2.45) is 0 Å². The first-order chi connectivity index (χ1) is 16.3. The van der Waals surface area contributed by atoms with Gasteiger partial charge in [0.25, 0.3) is 0 Å². The lowest BCUT2D eigenvalue weighted by molar-refractivity contribution is 0.284. The maximum atomic E-state index is 5.98. The van der Waals surface area contributed by atoms with Gasteiger partial charge in [-0.25, -0.2) is 0 Å². The van der Waals surface area contributed by atoms with Gasteiger partial charge in [0.1, 0.15) is 6.61 Å². The Morgan fingerprint density at radius 2 is 1.27 bits per heavy atom. The molecule has 0 saturated carbocycles. The Bertz CT molecular complexity index is 1060. The lowest BCUT2D eigenvalue weighted by atomic mass is 9.88. The van der Waals surface area contributed by atoms with Crippen LogP contribution in [-0.2, 0) is 13.2 Å². The summed E-state index contributed by atoms with van der Waals surface area (Å²) in [4.78, 5) is 0. The van der Waals surface area contributed by atoms with Crippen molar-refractivity contribution < 1.29 is 9.47 Å². The van der Waals surface area contributed by atoms with Crippen LogP contribution in [0.25, 0.3) is 0 Å². The number of hydrogen-bond acceptors (Lipinski definition) is 3. The lowest BCUT2D eigenvalue weighted by Gasteiger charge is -2.19. The van der Waals surface area contributed by atoms with Crippen LogP contribution >= 0.6 is 0 Å². The normalized spacial score (nSPS) is 10.8. The summed E-state index contributed by atoms with van der Waals surface area (Å²) in [5.41, 5.74) is 5.02. The maximum Gasteiger partial charge on any atom is 0.161 e. The molecule has 4 aromatic carbocycles. The first-order valence-electron chi connectivity index (χ1n) is 11.5. The number of ether oxygens (including phenoxy) is 2. The summed E-state index contributed by atoms with van der Waals surface area (Å²) in [6.07, 6.45) is 1.03. The van der Waals surface area contributed by atoms with Gasteiger partial charge in [0, 0.05) is 12.5 Å². The standard InChI is InChI=1S/C30H31NO2/c1-32-30-21-25(17-18-29(30)33-23-24-11-5-2-6-12-24)22-31-20-19-28(26-13-7-3-8-14-26)27-15-9-4-10-16-27/h2-18,21,28,31H,19-20,22-23H2,1H3. The van der Waals surface area contributed by atoms with Crippen LogP contribution in [0.2, 0.25) is 0 Å². The van der Waals surface area contributed by atoms with E-state index in [9.17, 15) is 0 Å². The largest absolute Gasteiger partial charge is 0.493 e. The highest BCUT2D eigenvalue weighted by molar-refractivity contribution is 5.43. The highest BCUT2D eigenvalue weighted by Gasteiger charge is 2.13. The van der Waals surface area contributed by atoms with E-state index < -0.39 is 0 Å². The third kappa shape index (κ3) is 6.47. The summed E-state index contributed by atoms with van der Waals surface area (Å²) in [5.74, 6) is 1.90. The van der Waals surface area contributed by atoms with Crippen molar-refractivity contribution in [3.8, 4) is 11.5 Å². The Morgan fingerprint density at radius 1 is 0.667 bits per heavy atom. The van der Waals surface area contributed by atoms with Crippen molar-refractivity contribution in [1.29, 1.82) is 0 Å². The summed E-state index contributed by atoms with van der Waals surface area (Å²) in [7, 11) is 1.69. The summed E-state index contributed by atoms with van der Waals surface area (Å²) < 4.78 is 11.6. The second kappa shape index (κ2) is 11.9. The van der Waals surface area contributed by atoms with Gasteiger partial charge < -0.3 is 14.8 Å². The third-order valence-corrected chi connectivity index (χ3v) is 5.81. The second-order valence-electron chi connectivity index (χ2n) is 8.10. The molecule has 0 saturated heterocycles. The molecule has 4 aromatic rings. The molecule has 33 heavy (non-hydrogen) atoms. The van der Waals surface area contributed by atoms with Crippen molar-refractivity contribution in [3.05, 3.63) is 131 Å². The number of benzene rings is 4. The molecule has 3 nitrogen and oxygen atoms in total. The molecule has 0 unspecified atom stereocenters. The van der Waals surface area contributed by atoms with Crippen molar-refractivity contribution in [2.75, 3.05) is 13.7 Å². The van der Waals surface area contributed by atoms with E-state index >= 15 is 0 Å². The van der Waals surface area contributed by atoms with Gasteiger partial charge in [0.05, 0.1) is 7.11 Å². The van der Waals surface area contributed by atoms with E-state index in [2.05, 4.69) is 90.2 Å². The Labute approximate surface area is 197 Å². The van der Waals surface area contributed by atoms with Crippen LogP contribution in [0.5, 0.6) is 11.5 Å². The van der Waals surface area contributed by atoms with Gasteiger partial charge in [-0.1, -0.05) is 97.1 Å². The van der Waals surface area contributed by atoms with E-state index in [4.69, 9.17) is 9.47 Å². The van der Waals surface area contributed by atoms with E-state index in [1.807, 2.05) is 24.3 Å². The SMILES string of the molecule is COc1cc(CNCCC(c2ccccc2)c2ccccc2)ccc1OCc1ccccc1. The quantitative estimate of drug-likeness (QED) is 0.269. The average molecular weight is 438 g/mol. The molecule has 0 spiro atoms. The Kier molecular flexibility index (Phi) is 8.15. The highest BCUT2D eigenvalue weighted by atomic mass is 16.5. The summed E-state index contributed by atoms with van der Waals surface area (Å²) in [6.45, 7) is 2.23. The molecular formula is C30H31NO2. The van der Waals surface area contributed by atoms with Crippen LogP contribution in [-0.4, -0.2) is 13.7 Å². The molecular weight excluding hydrogens is 406 g/mol. The molecule has 168 valence electrons. The van der Waals surface area contributed by atoms with Gasteiger partial charge in [-0.05, 0) is 47.4 Å². The Balaban J connectivity index is 1.33. The molecule has 0 aromatic heterocycles. The Morgan fingerprint density at radius 3 is 1.88 bits per heavy atom. The van der Waals surface area contributed by atoms with Crippen LogP contribution in [0.3, 0.4) is 0 Å². The minimum Gasteiger partial charge on any atom is -0.493 e. The molecule has 4 rings (SSSR count). The van der Waals surface area contributed by atoms with Crippen LogP contribution < -0.4 is 14.8 Å². The smallest absolute Gasteiger partial charge is 0.161 e. The first kappa shape index (κ1) is 22.6. The second-order valence-corrected chi connectivity index (χ2v) is 8.10. The fourth-order valence-electron chi connectivity index (χ4n) is 4.05. The van der Waals surface area contributed by atoms with Gasteiger partial charge in [0.15, 0.2) is 11.5 Å². The molecule has 0 aliphatic heterocycles. The van der Waals surface area contributed by atoms with E-state index in [1.54, 1.807) is 7.11 Å². The number of nitrogens with one attached hydrogen (secondary N) is 1. The molecule has 0 radical (unpaired) electrons. The van der Waals surface area contributed by atoms with E-state index in [-0.39, 0.29) is 0 Å². The fraction of sp³-hybridized carbons (Fsp3) is 0.200. The van der Waals surface area contributed by atoms with Crippen molar-refractivity contribution in [3.63, 3.8) is 0 Å². The van der Waals surface area contributed by atoms with Crippen LogP contribution in [0.4, 0.5) is 0 Å². The van der Waals surface area contributed by atoms with E-state index in [1.165, 1.54) is 16.7 Å². The molecule has 0 fully saturated rings. The molecule has 0 bridgehead atoms. The summed E-state index contributed by atoms with van der Waals surface area (Å²) in [6, 6.07) is 37.8. The number of rotatable bonds is 11. The van der Waals surface area contributed by atoms with Crippen molar-refractivity contribution in [1.82, 2.24) is 5.32 Å². The predicted octanol–water partition coefficient (Wildman–Crippen LogP) is 6.59. The van der Waals surface area contributed by atoms with Gasteiger partial charge in [-0.15, -0.1) is 0 Å². The monoisotopic (exact) mass is 437 g/mol. The van der Waals surface area contributed by atoms with Gasteiger partial charge in [-0.2, -0.15) is 0 Å². The number of methoxy groups -OCH3 is 1. The fourth-order valence-corrected chi connectivity index (χ4v) is 4.05. The topological polar surface area (TPSA) is 30.5 Å². The van der Waals surface area contributed by atoms with Crippen LogP contribution in [0.1, 0.15) is 34.6 Å². The minimum atomic E-state index is 0.378. The van der Waals surface area contributed by atoms with Crippen molar-refractivity contribution in [2.45, 2.75) is 25.5 Å². The summed E-state index contributed by atoms with van der Waals surface area (Å²) in [5, 5.41) is 3.60. The highest BCUT2D eigenvalue weighted by Crippen LogP contribution is 2.29. The molecule has 0 amide bonds. The molecule has 0 heterocycles. The third-order valence-electron chi connectivity index (χ3n) is 5.81. The zero-order valence-electron chi connectivity index (χ0n) is 19.1. The number of hydrogen-bond donors (Lipinski definition) is 1. The predicted molar refractivity (Wildman–Crippen MR) is 135 cm³/mol. The molecule has 0 atom stereocenters. The van der Waals surface area contributed by atoms with E-state index in [0.717, 1.165) is 36.6 Å². The lowest BCUT2D eigenvalue weighted by Crippen LogP contribution is -2.18. The molecule has 3 heteroatoms. The molecule has 0 aliphatic carbocycles. The van der Waals surface area contributed by atoms with E-state index in [0.29, 0.717) is 12.5 Å². The molecule has 0 aliphatic rings. The van der Waals surface area contributed by atoms with Crippen LogP contribution in [0, 0.1) is 0 Å².